The predicted molar refractivity (Wildman–Crippen MR) is 140 cm³/mol. The van der Waals surface area contributed by atoms with Crippen LogP contribution in [0.15, 0.2) is 53.5 Å². The Hall–Kier alpha value is -2.57. The molecule has 0 spiro atoms. The van der Waals surface area contributed by atoms with Gasteiger partial charge in [0.15, 0.2) is 5.96 Å². The van der Waals surface area contributed by atoms with Gasteiger partial charge in [0.1, 0.15) is 0 Å². The highest BCUT2D eigenvalue weighted by Gasteiger charge is 2.27. The number of halogens is 1. The molecule has 0 radical (unpaired) electrons. The molecule has 0 aliphatic carbocycles. The molecule has 1 saturated heterocycles. The van der Waals surface area contributed by atoms with Crippen LogP contribution in [0.4, 0.5) is 5.69 Å². The van der Waals surface area contributed by atoms with Gasteiger partial charge in [0.25, 0.3) is 0 Å². The molecule has 0 aromatic heterocycles. The fourth-order valence-corrected chi connectivity index (χ4v) is 3.68. The van der Waals surface area contributed by atoms with Crippen LogP contribution in [0.25, 0.3) is 0 Å². The lowest BCUT2D eigenvalue weighted by molar-refractivity contribution is -0.115. The van der Waals surface area contributed by atoms with Gasteiger partial charge in [-0.2, -0.15) is 0 Å². The van der Waals surface area contributed by atoms with Gasteiger partial charge in [-0.3, -0.25) is 9.79 Å². The van der Waals surface area contributed by atoms with Crippen LogP contribution < -0.4 is 16.0 Å². The number of benzene rings is 2. The summed E-state index contributed by atoms with van der Waals surface area (Å²) in [5.41, 5.74) is 3.84. The number of carbonyl (C=O) groups is 1. The fraction of sp³-hybridized carbons (Fsp3) is 0.360. The molecule has 6 nitrogen and oxygen atoms in total. The zero-order valence-corrected chi connectivity index (χ0v) is 20.9. The first kappa shape index (κ1) is 25.7. The highest BCUT2D eigenvalue weighted by atomic mass is 127. The number of carbonyl (C=O) groups excluding carboxylic acids is 1. The number of ether oxygens (including phenoxy) is 1. The molecule has 3 rings (SSSR count). The van der Waals surface area contributed by atoms with E-state index < -0.39 is 0 Å². The Morgan fingerprint density at radius 1 is 1.22 bits per heavy atom. The summed E-state index contributed by atoms with van der Waals surface area (Å²) >= 11 is 0. The van der Waals surface area contributed by atoms with E-state index in [1.165, 1.54) is 11.1 Å². The molecule has 1 heterocycles. The van der Waals surface area contributed by atoms with Gasteiger partial charge in [-0.1, -0.05) is 41.8 Å². The van der Waals surface area contributed by atoms with Crippen LogP contribution in [-0.2, 0) is 9.53 Å². The van der Waals surface area contributed by atoms with E-state index in [-0.39, 0.29) is 42.5 Å². The van der Waals surface area contributed by atoms with Gasteiger partial charge in [-0.05, 0) is 43.5 Å². The maximum atomic E-state index is 12.3. The van der Waals surface area contributed by atoms with E-state index in [9.17, 15) is 4.79 Å². The second-order valence-corrected chi connectivity index (χ2v) is 7.68. The molecule has 2 atom stereocenters. The number of nitrogens with one attached hydrogen (secondary N) is 3. The van der Waals surface area contributed by atoms with Gasteiger partial charge in [0.05, 0.1) is 12.6 Å². The lowest BCUT2D eigenvalue weighted by Crippen LogP contribution is -2.44. The van der Waals surface area contributed by atoms with Crippen molar-refractivity contribution in [2.24, 2.45) is 10.9 Å². The highest BCUT2D eigenvalue weighted by Crippen LogP contribution is 2.33. The van der Waals surface area contributed by atoms with Crippen LogP contribution in [0.2, 0.25) is 0 Å². The minimum absolute atomic E-state index is 0. The van der Waals surface area contributed by atoms with Crippen LogP contribution in [0.3, 0.4) is 0 Å². The molecule has 3 N–H and O–H groups in total. The summed E-state index contributed by atoms with van der Waals surface area (Å²) in [6, 6.07) is 15.7. The standard InChI is InChI=1S/C25H30N4O2.HI/c1-4-19-7-5-9-22(15-19)29-23(30)17-28-25(26-3)27-16-21-8-6-14-31-24(21)20-12-10-18(2)11-13-20;/h1,5,7,9-13,15,21,24H,6,8,14,16-17H2,2-3H3,(H,29,30)(H2,26,27,28);1H. The molecule has 0 bridgehead atoms. The Morgan fingerprint density at radius 2 is 2.00 bits per heavy atom. The van der Waals surface area contributed by atoms with E-state index in [1.807, 2.05) is 12.1 Å². The summed E-state index contributed by atoms with van der Waals surface area (Å²) in [4.78, 5) is 16.5. The number of nitrogens with zero attached hydrogens (tertiary/aromatic N) is 1. The van der Waals surface area contributed by atoms with Gasteiger partial charge in [0.2, 0.25) is 5.91 Å². The molecular weight excluding hydrogens is 515 g/mol. The first-order chi connectivity index (χ1) is 15.1. The maximum Gasteiger partial charge on any atom is 0.243 e. The minimum atomic E-state index is -0.171. The van der Waals surface area contributed by atoms with Gasteiger partial charge >= 0.3 is 0 Å². The zero-order valence-electron chi connectivity index (χ0n) is 18.6. The van der Waals surface area contributed by atoms with Crippen LogP contribution in [0, 0.1) is 25.2 Å². The average Bonchev–Trinajstić information content (AvgIpc) is 2.80. The Labute approximate surface area is 207 Å². The zero-order chi connectivity index (χ0) is 22.1. The molecule has 1 amide bonds. The predicted octanol–water partition coefficient (Wildman–Crippen LogP) is 3.87. The third-order valence-corrected chi connectivity index (χ3v) is 5.34. The van der Waals surface area contributed by atoms with Gasteiger partial charge in [0, 0.05) is 37.4 Å². The van der Waals surface area contributed by atoms with E-state index in [0.717, 1.165) is 25.0 Å². The number of amides is 1. The lowest BCUT2D eigenvalue weighted by atomic mass is 9.89. The first-order valence-electron chi connectivity index (χ1n) is 10.6. The van der Waals surface area contributed by atoms with E-state index in [4.69, 9.17) is 11.2 Å². The Balaban J connectivity index is 0.00000363. The van der Waals surface area contributed by atoms with Crippen LogP contribution in [0.1, 0.15) is 35.6 Å². The van der Waals surface area contributed by atoms with Crippen molar-refractivity contribution in [1.29, 1.82) is 0 Å². The monoisotopic (exact) mass is 546 g/mol. The molecule has 2 unspecified atom stereocenters. The van der Waals surface area contributed by atoms with Crippen molar-refractivity contribution in [1.82, 2.24) is 10.6 Å². The van der Waals surface area contributed by atoms with Crippen molar-refractivity contribution >= 4 is 41.5 Å². The van der Waals surface area contributed by atoms with Crippen molar-refractivity contribution in [2.45, 2.75) is 25.9 Å². The molecule has 0 saturated carbocycles. The summed E-state index contributed by atoms with van der Waals surface area (Å²) in [5.74, 6) is 3.30. The normalized spacial score (nSPS) is 18.1. The number of hydrogen-bond acceptors (Lipinski definition) is 3. The van der Waals surface area contributed by atoms with Gasteiger partial charge in [-0.15, -0.1) is 30.4 Å². The molecule has 170 valence electrons. The third kappa shape index (κ3) is 7.53. The SMILES string of the molecule is C#Cc1cccc(NC(=O)CNC(=NC)NCC2CCCOC2c2ccc(C)cc2)c1.I. The van der Waals surface area contributed by atoms with Crippen LogP contribution in [-0.4, -0.2) is 38.6 Å². The number of aliphatic imine (C=N–C) groups is 1. The molecule has 2 aromatic carbocycles. The van der Waals surface area contributed by atoms with Crippen molar-refractivity contribution in [3.05, 3.63) is 65.2 Å². The molecule has 1 fully saturated rings. The van der Waals surface area contributed by atoms with E-state index in [0.29, 0.717) is 24.1 Å². The lowest BCUT2D eigenvalue weighted by Gasteiger charge is -2.32. The maximum absolute atomic E-state index is 12.3. The molecule has 32 heavy (non-hydrogen) atoms. The van der Waals surface area contributed by atoms with Crippen molar-refractivity contribution in [3.63, 3.8) is 0 Å². The molecular formula is C25H31IN4O2. The smallest absolute Gasteiger partial charge is 0.243 e. The summed E-state index contributed by atoms with van der Waals surface area (Å²) < 4.78 is 6.09. The van der Waals surface area contributed by atoms with E-state index in [2.05, 4.69) is 58.1 Å². The Bertz CT molecular complexity index is 953. The molecule has 2 aromatic rings. The molecule has 1 aliphatic rings. The van der Waals surface area contributed by atoms with E-state index >= 15 is 0 Å². The largest absolute Gasteiger partial charge is 0.373 e. The van der Waals surface area contributed by atoms with Crippen LogP contribution in [0.5, 0.6) is 0 Å². The number of anilines is 1. The first-order valence-corrected chi connectivity index (χ1v) is 10.6. The molecule has 7 heteroatoms. The quantitative estimate of drug-likeness (QED) is 0.223. The van der Waals surface area contributed by atoms with Crippen molar-refractivity contribution < 1.29 is 9.53 Å². The van der Waals surface area contributed by atoms with Crippen LogP contribution >= 0.6 is 24.0 Å². The fourth-order valence-electron chi connectivity index (χ4n) is 3.68. The third-order valence-electron chi connectivity index (χ3n) is 5.34. The molecule has 1 aliphatic heterocycles. The second kappa shape index (κ2) is 13.1. The average molecular weight is 546 g/mol. The Morgan fingerprint density at radius 3 is 2.72 bits per heavy atom. The number of guanidine groups is 1. The number of rotatable bonds is 6. The van der Waals surface area contributed by atoms with Gasteiger partial charge in [-0.25, -0.2) is 0 Å². The number of terminal acetylenes is 1. The topological polar surface area (TPSA) is 74.8 Å². The summed E-state index contributed by atoms with van der Waals surface area (Å²) in [6.45, 7) is 3.68. The summed E-state index contributed by atoms with van der Waals surface area (Å²) in [5, 5.41) is 9.24. The van der Waals surface area contributed by atoms with Gasteiger partial charge < -0.3 is 20.7 Å². The Kier molecular flexibility index (Phi) is 10.5. The highest BCUT2D eigenvalue weighted by molar-refractivity contribution is 14.0. The van der Waals surface area contributed by atoms with E-state index in [1.54, 1.807) is 19.2 Å². The van der Waals surface area contributed by atoms with Crippen molar-refractivity contribution in [3.8, 4) is 12.3 Å². The number of hydrogen-bond donors (Lipinski definition) is 3. The minimum Gasteiger partial charge on any atom is -0.373 e. The van der Waals surface area contributed by atoms with Crippen molar-refractivity contribution in [2.75, 3.05) is 32.1 Å². The number of aryl methyl sites for hydroxylation is 1. The summed E-state index contributed by atoms with van der Waals surface area (Å²) in [7, 11) is 1.69. The summed E-state index contributed by atoms with van der Waals surface area (Å²) in [6.07, 6.45) is 7.59. The second-order valence-electron chi connectivity index (χ2n) is 7.68.